The van der Waals surface area contributed by atoms with Crippen LogP contribution in [0.4, 0.5) is 0 Å². The lowest BCUT2D eigenvalue weighted by Crippen LogP contribution is -2.39. The van der Waals surface area contributed by atoms with Gasteiger partial charge in [-0.25, -0.2) is 0 Å². The van der Waals surface area contributed by atoms with E-state index in [1.807, 2.05) is 11.8 Å². The van der Waals surface area contributed by atoms with Gasteiger partial charge in [0.15, 0.2) is 0 Å². The summed E-state index contributed by atoms with van der Waals surface area (Å²) in [5.41, 5.74) is -0.583. The molecule has 1 heterocycles. The number of amides is 1. The van der Waals surface area contributed by atoms with E-state index in [9.17, 15) is 4.79 Å². The van der Waals surface area contributed by atoms with Crippen molar-refractivity contribution in [1.29, 1.82) is 0 Å². The minimum atomic E-state index is -0.867. The minimum Gasteiger partial charge on any atom is -0.378 e. The number of halogens is 2. The van der Waals surface area contributed by atoms with E-state index in [1.165, 1.54) is 0 Å². The van der Waals surface area contributed by atoms with E-state index in [2.05, 4.69) is 6.92 Å². The highest BCUT2D eigenvalue weighted by Crippen LogP contribution is 2.64. The van der Waals surface area contributed by atoms with E-state index < -0.39 is 9.75 Å². The first-order valence-electron chi connectivity index (χ1n) is 7.19. The van der Waals surface area contributed by atoms with Gasteiger partial charge in [0.05, 0.1) is 11.5 Å². The Morgan fingerprint density at radius 1 is 1.37 bits per heavy atom. The number of nitrogens with zero attached hydrogens (tertiary/aromatic N) is 1. The smallest absolute Gasteiger partial charge is 0.231 e. The van der Waals surface area contributed by atoms with Crippen LogP contribution in [0.3, 0.4) is 0 Å². The van der Waals surface area contributed by atoms with Crippen LogP contribution < -0.4 is 0 Å². The standard InChI is InChI=1S/C14H23Cl2NO2/c1-3-9-19-11-5-4-7-17(8-6-11)12(18)13(2)10-14(13,15)16/h11H,3-10H2,1-2H3/t11-,13+/m1/s1. The lowest BCUT2D eigenvalue weighted by atomic mass is 10.1. The van der Waals surface area contributed by atoms with Gasteiger partial charge in [0, 0.05) is 19.7 Å². The molecule has 0 radical (unpaired) electrons. The van der Waals surface area contributed by atoms with Crippen molar-refractivity contribution in [3.8, 4) is 0 Å². The van der Waals surface area contributed by atoms with Crippen LogP contribution in [0.2, 0.25) is 0 Å². The summed E-state index contributed by atoms with van der Waals surface area (Å²) >= 11 is 12.2. The molecule has 0 N–H and O–H groups in total. The number of ether oxygens (including phenoxy) is 1. The molecule has 0 aromatic heterocycles. The van der Waals surface area contributed by atoms with Gasteiger partial charge < -0.3 is 9.64 Å². The molecule has 2 fully saturated rings. The van der Waals surface area contributed by atoms with Gasteiger partial charge in [0.2, 0.25) is 5.91 Å². The Labute approximate surface area is 125 Å². The largest absolute Gasteiger partial charge is 0.378 e. The Hall–Kier alpha value is 0.01000. The van der Waals surface area contributed by atoms with Crippen molar-refractivity contribution in [3.05, 3.63) is 0 Å². The van der Waals surface area contributed by atoms with E-state index in [0.717, 1.165) is 45.4 Å². The Balaban J connectivity index is 1.88. The number of hydrogen-bond acceptors (Lipinski definition) is 2. The molecule has 2 rings (SSSR count). The van der Waals surface area contributed by atoms with Gasteiger partial charge in [-0.2, -0.15) is 0 Å². The Morgan fingerprint density at radius 3 is 2.63 bits per heavy atom. The summed E-state index contributed by atoms with van der Waals surface area (Å²) in [6, 6.07) is 0. The van der Waals surface area contributed by atoms with E-state index in [1.54, 1.807) is 0 Å². The van der Waals surface area contributed by atoms with Crippen molar-refractivity contribution < 1.29 is 9.53 Å². The molecular weight excluding hydrogens is 285 g/mol. The maximum Gasteiger partial charge on any atom is 0.231 e. The predicted octanol–water partition coefficient (Wildman–Crippen LogP) is 3.38. The van der Waals surface area contributed by atoms with Crippen LogP contribution in [-0.4, -0.2) is 40.9 Å². The first kappa shape index (κ1) is 15.4. The number of rotatable bonds is 4. The molecule has 0 aromatic rings. The van der Waals surface area contributed by atoms with Crippen molar-refractivity contribution in [2.45, 2.75) is 56.4 Å². The lowest BCUT2D eigenvalue weighted by molar-refractivity contribution is -0.136. The summed E-state index contributed by atoms with van der Waals surface area (Å²) in [6.45, 7) is 6.34. The van der Waals surface area contributed by atoms with Gasteiger partial charge in [-0.3, -0.25) is 4.79 Å². The van der Waals surface area contributed by atoms with Crippen LogP contribution in [0.5, 0.6) is 0 Å². The lowest BCUT2D eigenvalue weighted by Gasteiger charge is -2.25. The molecule has 0 bridgehead atoms. The van der Waals surface area contributed by atoms with Gasteiger partial charge in [-0.05, 0) is 39.0 Å². The Bertz CT molecular complexity index is 348. The second-order valence-electron chi connectivity index (χ2n) is 5.93. The average molecular weight is 308 g/mol. The highest BCUT2D eigenvalue weighted by Gasteiger charge is 2.68. The predicted molar refractivity (Wildman–Crippen MR) is 77.6 cm³/mol. The summed E-state index contributed by atoms with van der Waals surface area (Å²) in [4.78, 5) is 14.4. The topological polar surface area (TPSA) is 29.5 Å². The third-order valence-corrected chi connectivity index (χ3v) is 5.35. The van der Waals surface area contributed by atoms with E-state index in [-0.39, 0.29) is 5.91 Å². The molecule has 1 aliphatic heterocycles. The molecular formula is C14H23Cl2NO2. The summed E-state index contributed by atoms with van der Waals surface area (Å²) in [5.74, 6) is 0.105. The number of carbonyl (C=O) groups excluding carboxylic acids is 1. The molecule has 5 heteroatoms. The number of likely N-dealkylation sites (tertiary alicyclic amines) is 1. The Kier molecular flexibility index (Phi) is 4.69. The zero-order chi connectivity index (χ0) is 14.1. The van der Waals surface area contributed by atoms with Crippen molar-refractivity contribution >= 4 is 29.1 Å². The van der Waals surface area contributed by atoms with E-state index in [0.29, 0.717) is 12.5 Å². The minimum absolute atomic E-state index is 0.105. The highest BCUT2D eigenvalue weighted by molar-refractivity contribution is 6.53. The molecule has 2 atom stereocenters. The molecule has 0 spiro atoms. The summed E-state index contributed by atoms with van der Waals surface area (Å²) in [6.07, 6.45) is 4.84. The van der Waals surface area contributed by atoms with Gasteiger partial charge in [-0.1, -0.05) is 6.92 Å². The maximum atomic E-state index is 12.5. The quantitative estimate of drug-likeness (QED) is 0.745. The first-order chi connectivity index (χ1) is 8.90. The van der Waals surface area contributed by atoms with Gasteiger partial charge in [-0.15, -0.1) is 23.2 Å². The fourth-order valence-electron chi connectivity index (χ4n) is 2.70. The molecule has 0 unspecified atom stereocenters. The Morgan fingerprint density at radius 2 is 2.05 bits per heavy atom. The van der Waals surface area contributed by atoms with Crippen molar-refractivity contribution in [1.82, 2.24) is 4.90 Å². The molecule has 3 nitrogen and oxygen atoms in total. The molecule has 1 aliphatic carbocycles. The van der Waals surface area contributed by atoms with Crippen LogP contribution in [0.1, 0.15) is 46.0 Å². The van der Waals surface area contributed by atoms with Crippen LogP contribution in [0, 0.1) is 5.41 Å². The maximum absolute atomic E-state index is 12.5. The van der Waals surface area contributed by atoms with Gasteiger partial charge >= 0.3 is 0 Å². The van der Waals surface area contributed by atoms with E-state index in [4.69, 9.17) is 27.9 Å². The zero-order valence-corrected chi connectivity index (χ0v) is 13.3. The summed E-state index contributed by atoms with van der Waals surface area (Å²) in [5, 5.41) is 0. The first-order valence-corrected chi connectivity index (χ1v) is 7.95. The second kappa shape index (κ2) is 5.79. The van der Waals surface area contributed by atoms with Crippen LogP contribution in [0.15, 0.2) is 0 Å². The SMILES string of the molecule is CCCO[C@@H]1CCCN(C(=O)[C@]2(C)CC2(Cl)Cl)CC1. The van der Waals surface area contributed by atoms with Crippen LogP contribution >= 0.6 is 23.2 Å². The fraction of sp³-hybridized carbons (Fsp3) is 0.929. The monoisotopic (exact) mass is 307 g/mol. The summed E-state index contributed by atoms with van der Waals surface area (Å²) in [7, 11) is 0. The normalized spacial score (nSPS) is 33.9. The number of hydrogen-bond donors (Lipinski definition) is 0. The van der Waals surface area contributed by atoms with E-state index >= 15 is 0 Å². The third-order valence-electron chi connectivity index (χ3n) is 4.25. The third kappa shape index (κ3) is 3.20. The van der Waals surface area contributed by atoms with Crippen molar-refractivity contribution in [2.75, 3.05) is 19.7 Å². The van der Waals surface area contributed by atoms with Gasteiger partial charge in [0.25, 0.3) is 0 Å². The highest BCUT2D eigenvalue weighted by atomic mass is 35.5. The molecule has 1 saturated carbocycles. The molecule has 19 heavy (non-hydrogen) atoms. The molecule has 2 aliphatic rings. The molecule has 110 valence electrons. The van der Waals surface area contributed by atoms with Crippen LogP contribution in [0.25, 0.3) is 0 Å². The second-order valence-corrected chi connectivity index (χ2v) is 7.41. The fourth-order valence-corrected chi connectivity index (χ4v) is 3.40. The number of alkyl halides is 2. The summed E-state index contributed by atoms with van der Waals surface area (Å²) < 4.78 is 4.93. The van der Waals surface area contributed by atoms with Crippen molar-refractivity contribution in [2.24, 2.45) is 5.41 Å². The number of carbonyl (C=O) groups is 1. The van der Waals surface area contributed by atoms with Crippen molar-refractivity contribution in [3.63, 3.8) is 0 Å². The molecule has 1 saturated heterocycles. The molecule has 0 aromatic carbocycles. The van der Waals surface area contributed by atoms with Gasteiger partial charge in [0.1, 0.15) is 4.33 Å². The average Bonchev–Trinajstić information content (AvgIpc) is 2.97. The zero-order valence-electron chi connectivity index (χ0n) is 11.8. The molecule has 1 amide bonds. The van der Waals surface area contributed by atoms with Crippen LogP contribution in [-0.2, 0) is 9.53 Å².